The maximum atomic E-state index is 5.94. The Morgan fingerprint density at radius 1 is 1.19 bits per heavy atom. The summed E-state index contributed by atoms with van der Waals surface area (Å²) in [6.07, 6.45) is 3.26. The quantitative estimate of drug-likeness (QED) is 0.797. The van der Waals surface area contributed by atoms with Gasteiger partial charge in [-0.2, -0.15) is 0 Å². The number of nitrogens with zero attached hydrogens (tertiary/aromatic N) is 2. The fraction of sp³-hybridized carbons (Fsp3) is 0.250. The molecule has 0 radical (unpaired) electrons. The molecule has 3 aromatic rings. The van der Waals surface area contributed by atoms with Crippen LogP contribution < -0.4 is 10.1 Å². The lowest BCUT2D eigenvalue weighted by atomic mass is 10.1. The van der Waals surface area contributed by atoms with E-state index < -0.39 is 0 Å². The van der Waals surface area contributed by atoms with Crippen LogP contribution in [0, 0.1) is 6.92 Å². The minimum absolute atomic E-state index is 0.207. The van der Waals surface area contributed by atoms with Crippen LogP contribution in [0.15, 0.2) is 41.1 Å². The van der Waals surface area contributed by atoms with Crippen LogP contribution in [0.5, 0.6) is 5.88 Å². The molecule has 5 heteroatoms. The van der Waals surface area contributed by atoms with Crippen molar-refractivity contribution in [3.05, 3.63) is 53.7 Å². The maximum absolute atomic E-state index is 5.94. The number of aromatic nitrogens is 2. The third-order valence-electron chi connectivity index (χ3n) is 3.42. The summed E-state index contributed by atoms with van der Waals surface area (Å²) < 4.78 is 11.2. The number of benzene rings is 1. The second kappa shape index (κ2) is 5.54. The van der Waals surface area contributed by atoms with Gasteiger partial charge < -0.3 is 14.5 Å². The summed E-state index contributed by atoms with van der Waals surface area (Å²) in [4.78, 5) is 8.57. The van der Waals surface area contributed by atoms with Crippen LogP contribution in [-0.4, -0.2) is 24.1 Å². The number of methoxy groups -OCH3 is 1. The Labute approximate surface area is 123 Å². The Morgan fingerprint density at radius 3 is 2.76 bits per heavy atom. The molecule has 2 aromatic heterocycles. The van der Waals surface area contributed by atoms with Gasteiger partial charge in [-0.15, -0.1) is 0 Å². The lowest BCUT2D eigenvalue weighted by molar-refractivity contribution is 0.378. The third-order valence-corrected chi connectivity index (χ3v) is 3.42. The predicted octanol–water partition coefficient (Wildman–Crippen LogP) is 2.85. The molecule has 0 saturated heterocycles. The molecule has 1 atom stereocenters. The molecule has 0 aliphatic rings. The molecule has 0 bridgehead atoms. The summed E-state index contributed by atoms with van der Waals surface area (Å²) in [6, 6.07) is 7.93. The Kier molecular flexibility index (Phi) is 3.58. The van der Waals surface area contributed by atoms with Crippen molar-refractivity contribution in [1.29, 1.82) is 0 Å². The van der Waals surface area contributed by atoms with Crippen molar-refractivity contribution in [1.82, 2.24) is 15.3 Å². The zero-order valence-electron chi connectivity index (χ0n) is 12.3. The molecule has 5 nitrogen and oxygen atoms in total. The van der Waals surface area contributed by atoms with E-state index in [9.17, 15) is 0 Å². The topological polar surface area (TPSA) is 60.2 Å². The molecule has 0 aliphatic heterocycles. The fourth-order valence-corrected chi connectivity index (χ4v) is 2.43. The molecule has 0 spiro atoms. The number of fused-ring (bicyclic) bond motifs is 1. The number of nitrogens with one attached hydrogen (secondary N) is 1. The lowest BCUT2D eigenvalue weighted by Crippen LogP contribution is -2.19. The molecule has 0 amide bonds. The molecule has 21 heavy (non-hydrogen) atoms. The van der Waals surface area contributed by atoms with Crippen LogP contribution in [0.4, 0.5) is 0 Å². The molecule has 1 aromatic carbocycles. The third kappa shape index (κ3) is 2.48. The van der Waals surface area contributed by atoms with Gasteiger partial charge in [0.25, 0.3) is 0 Å². The first kappa shape index (κ1) is 13.6. The van der Waals surface area contributed by atoms with Crippen LogP contribution in [0.2, 0.25) is 0 Å². The fourth-order valence-electron chi connectivity index (χ4n) is 2.43. The first-order valence-corrected chi connectivity index (χ1v) is 6.75. The van der Waals surface area contributed by atoms with Crippen LogP contribution in [0.1, 0.15) is 23.1 Å². The molecular weight excluding hydrogens is 266 g/mol. The number of hydrogen-bond acceptors (Lipinski definition) is 5. The first-order valence-electron chi connectivity index (χ1n) is 6.75. The molecule has 108 valence electrons. The summed E-state index contributed by atoms with van der Waals surface area (Å²) in [6.45, 7) is 2.06. The van der Waals surface area contributed by atoms with E-state index in [0.29, 0.717) is 11.6 Å². The van der Waals surface area contributed by atoms with Crippen molar-refractivity contribution in [3.63, 3.8) is 0 Å². The summed E-state index contributed by atoms with van der Waals surface area (Å²) >= 11 is 0. The van der Waals surface area contributed by atoms with E-state index in [2.05, 4.69) is 28.3 Å². The minimum atomic E-state index is -0.207. The highest BCUT2D eigenvalue weighted by atomic mass is 16.5. The Hall–Kier alpha value is -2.40. The number of furan rings is 1. The van der Waals surface area contributed by atoms with Gasteiger partial charge in [-0.05, 0) is 32.2 Å². The normalized spacial score (nSPS) is 12.5. The van der Waals surface area contributed by atoms with Crippen molar-refractivity contribution in [3.8, 4) is 5.88 Å². The maximum Gasteiger partial charge on any atom is 0.237 e. The second-order valence-corrected chi connectivity index (χ2v) is 4.86. The average molecular weight is 283 g/mol. The smallest absolute Gasteiger partial charge is 0.237 e. The highest BCUT2D eigenvalue weighted by Crippen LogP contribution is 2.30. The van der Waals surface area contributed by atoms with E-state index in [1.165, 1.54) is 5.56 Å². The van der Waals surface area contributed by atoms with Gasteiger partial charge in [0.15, 0.2) is 0 Å². The molecule has 0 fully saturated rings. The number of aryl methyl sites for hydroxylation is 1. The number of hydrogen-bond donors (Lipinski definition) is 1. The average Bonchev–Trinajstić information content (AvgIpc) is 2.91. The van der Waals surface area contributed by atoms with E-state index in [4.69, 9.17) is 9.15 Å². The number of ether oxygens (including phenoxy) is 1. The SMILES string of the molecule is CNC(c1cc2cc(C)ccc2o1)c1nccnc1OC. The van der Waals surface area contributed by atoms with Crippen molar-refractivity contribution in [2.45, 2.75) is 13.0 Å². The van der Waals surface area contributed by atoms with Crippen LogP contribution in [0.25, 0.3) is 11.0 Å². The molecule has 2 heterocycles. The van der Waals surface area contributed by atoms with Gasteiger partial charge in [-0.1, -0.05) is 11.6 Å². The van der Waals surface area contributed by atoms with Crippen molar-refractivity contribution in [2.24, 2.45) is 0 Å². The van der Waals surface area contributed by atoms with E-state index in [1.54, 1.807) is 19.5 Å². The monoisotopic (exact) mass is 283 g/mol. The van der Waals surface area contributed by atoms with E-state index in [-0.39, 0.29) is 6.04 Å². The largest absolute Gasteiger partial charge is 0.480 e. The van der Waals surface area contributed by atoms with E-state index in [0.717, 1.165) is 16.7 Å². The van der Waals surface area contributed by atoms with Gasteiger partial charge in [-0.3, -0.25) is 4.98 Å². The van der Waals surface area contributed by atoms with Gasteiger partial charge in [0.1, 0.15) is 23.1 Å². The zero-order chi connectivity index (χ0) is 14.8. The Bertz CT molecular complexity index is 767. The zero-order valence-corrected chi connectivity index (χ0v) is 12.3. The van der Waals surface area contributed by atoms with Crippen LogP contribution in [0.3, 0.4) is 0 Å². The Morgan fingerprint density at radius 2 is 2.00 bits per heavy atom. The van der Waals surface area contributed by atoms with Crippen molar-refractivity contribution < 1.29 is 9.15 Å². The van der Waals surface area contributed by atoms with Gasteiger partial charge in [0, 0.05) is 17.8 Å². The molecule has 1 unspecified atom stereocenters. The molecular formula is C16H17N3O2. The molecule has 1 N–H and O–H groups in total. The summed E-state index contributed by atoms with van der Waals surface area (Å²) in [7, 11) is 3.44. The standard InChI is InChI=1S/C16H17N3O2/c1-10-4-5-12-11(8-10)9-13(21-12)14(17-2)15-16(20-3)19-7-6-18-15/h4-9,14,17H,1-3H3. The van der Waals surface area contributed by atoms with Gasteiger partial charge in [-0.25, -0.2) is 4.98 Å². The van der Waals surface area contributed by atoms with Crippen LogP contribution >= 0.6 is 0 Å². The van der Waals surface area contributed by atoms with E-state index in [1.807, 2.05) is 25.2 Å². The van der Waals surface area contributed by atoms with Crippen molar-refractivity contribution >= 4 is 11.0 Å². The second-order valence-electron chi connectivity index (χ2n) is 4.86. The molecule has 0 aliphatic carbocycles. The highest BCUT2D eigenvalue weighted by Gasteiger charge is 2.22. The summed E-state index contributed by atoms with van der Waals surface area (Å²) in [5, 5.41) is 4.29. The molecule has 3 rings (SSSR count). The minimum Gasteiger partial charge on any atom is -0.480 e. The van der Waals surface area contributed by atoms with Gasteiger partial charge in [0.05, 0.1) is 7.11 Å². The Balaban J connectivity index is 2.09. The first-order chi connectivity index (χ1) is 10.2. The summed E-state index contributed by atoms with van der Waals surface area (Å²) in [5.74, 6) is 1.28. The van der Waals surface area contributed by atoms with Gasteiger partial charge in [0.2, 0.25) is 5.88 Å². The van der Waals surface area contributed by atoms with E-state index >= 15 is 0 Å². The molecule has 0 saturated carbocycles. The van der Waals surface area contributed by atoms with Crippen LogP contribution in [-0.2, 0) is 0 Å². The van der Waals surface area contributed by atoms with Crippen molar-refractivity contribution in [2.75, 3.05) is 14.2 Å². The lowest BCUT2D eigenvalue weighted by Gasteiger charge is -2.14. The van der Waals surface area contributed by atoms with Gasteiger partial charge >= 0.3 is 0 Å². The highest BCUT2D eigenvalue weighted by molar-refractivity contribution is 5.78. The predicted molar refractivity (Wildman–Crippen MR) is 80.4 cm³/mol. The number of rotatable bonds is 4. The summed E-state index contributed by atoms with van der Waals surface area (Å²) in [5.41, 5.74) is 2.77.